The summed E-state index contributed by atoms with van der Waals surface area (Å²) in [7, 11) is 3.96. The molecule has 1 atom stereocenters. The minimum atomic E-state index is 0.620. The molecule has 5 nitrogen and oxygen atoms in total. The Hall–Kier alpha value is -1.36. The van der Waals surface area contributed by atoms with Gasteiger partial charge in [-0.3, -0.25) is 0 Å². The highest BCUT2D eigenvalue weighted by molar-refractivity contribution is 5.43. The number of hydrogen-bond acceptors (Lipinski definition) is 5. The van der Waals surface area contributed by atoms with Crippen molar-refractivity contribution in [3.63, 3.8) is 0 Å². The van der Waals surface area contributed by atoms with E-state index in [1.54, 1.807) is 0 Å². The molecule has 0 aliphatic carbocycles. The second kappa shape index (κ2) is 7.59. The van der Waals surface area contributed by atoms with Crippen molar-refractivity contribution in [2.45, 2.75) is 39.2 Å². The van der Waals surface area contributed by atoms with Crippen LogP contribution in [0.1, 0.15) is 33.1 Å². The van der Waals surface area contributed by atoms with Crippen LogP contribution in [0.4, 0.5) is 11.8 Å². The monoisotopic (exact) mass is 291 g/mol. The van der Waals surface area contributed by atoms with Crippen LogP contribution in [0, 0.1) is 5.92 Å². The minimum absolute atomic E-state index is 0.620. The van der Waals surface area contributed by atoms with Gasteiger partial charge in [0.05, 0.1) is 0 Å². The van der Waals surface area contributed by atoms with Gasteiger partial charge in [0.2, 0.25) is 5.95 Å². The van der Waals surface area contributed by atoms with Crippen molar-refractivity contribution in [2.24, 2.45) is 5.92 Å². The van der Waals surface area contributed by atoms with E-state index < -0.39 is 0 Å². The van der Waals surface area contributed by atoms with Crippen LogP contribution in [-0.4, -0.2) is 49.7 Å². The second-order valence-corrected chi connectivity index (χ2v) is 6.18. The van der Waals surface area contributed by atoms with Crippen molar-refractivity contribution in [1.29, 1.82) is 0 Å². The Labute approximate surface area is 128 Å². The van der Waals surface area contributed by atoms with Crippen molar-refractivity contribution in [2.75, 3.05) is 43.5 Å². The average Bonchev–Trinajstić information content (AvgIpc) is 2.53. The molecule has 1 N–H and O–H groups in total. The van der Waals surface area contributed by atoms with E-state index in [1.807, 2.05) is 31.3 Å². The lowest BCUT2D eigenvalue weighted by molar-refractivity contribution is 0.311. The molecule has 0 radical (unpaired) electrons. The maximum absolute atomic E-state index is 4.64. The first-order valence-corrected chi connectivity index (χ1v) is 8.10. The highest BCUT2D eigenvalue weighted by Crippen LogP contribution is 2.24. The van der Waals surface area contributed by atoms with E-state index in [4.69, 9.17) is 0 Å². The molecule has 1 aromatic rings. The number of piperidine rings is 1. The van der Waals surface area contributed by atoms with E-state index in [0.29, 0.717) is 6.04 Å². The summed E-state index contributed by atoms with van der Waals surface area (Å²) in [5, 5.41) is 3.63. The molecular formula is C16H29N5. The summed E-state index contributed by atoms with van der Waals surface area (Å²) in [6.45, 7) is 7.85. The van der Waals surface area contributed by atoms with Crippen LogP contribution in [0.2, 0.25) is 0 Å². The van der Waals surface area contributed by atoms with E-state index in [0.717, 1.165) is 37.3 Å². The van der Waals surface area contributed by atoms with Gasteiger partial charge in [-0.25, -0.2) is 4.98 Å². The molecule has 2 heterocycles. The maximum Gasteiger partial charge on any atom is 0.226 e. The van der Waals surface area contributed by atoms with Gasteiger partial charge in [-0.1, -0.05) is 6.92 Å². The summed E-state index contributed by atoms with van der Waals surface area (Å²) in [4.78, 5) is 13.3. The molecule has 118 valence electrons. The Morgan fingerprint density at radius 1 is 1.38 bits per heavy atom. The molecule has 0 aromatic carbocycles. The lowest BCUT2D eigenvalue weighted by Crippen LogP contribution is -2.42. The summed E-state index contributed by atoms with van der Waals surface area (Å²) in [6, 6.07) is 2.64. The fraction of sp³-hybridized carbons (Fsp3) is 0.750. The molecule has 1 aromatic heterocycles. The summed E-state index contributed by atoms with van der Waals surface area (Å²) in [5.74, 6) is 2.62. The summed E-state index contributed by atoms with van der Waals surface area (Å²) in [6.07, 6.45) is 5.53. The smallest absolute Gasteiger partial charge is 0.226 e. The lowest BCUT2D eigenvalue weighted by Gasteiger charge is -2.36. The van der Waals surface area contributed by atoms with Gasteiger partial charge >= 0.3 is 0 Å². The van der Waals surface area contributed by atoms with Crippen LogP contribution >= 0.6 is 0 Å². The zero-order chi connectivity index (χ0) is 15.2. The molecule has 1 aliphatic heterocycles. The van der Waals surface area contributed by atoms with Crippen LogP contribution in [0.3, 0.4) is 0 Å². The molecule has 0 saturated carbocycles. The molecule has 5 heteroatoms. The van der Waals surface area contributed by atoms with Gasteiger partial charge in [0, 0.05) is 39.4 Å². The van der Waals surface area contributed by atoms with Crippen LogP contribution in [0.15, 0.2) is 12.3 Å². The lowest BCUT2D eigenvalue weighted by atomic mass is 9.90. The first-order chi connectivity index (χ1) is 10.1. The zero-order valence-electron chi connectivity index (χ0n) is 13.8. The van der Waals surface area contributed by atoms with E-state index in [-0.39, 0.29) is 0 Å². The number of aromatic nitrogens is 2. The molecule has 0 bridgehead atoms. The summed E-state index contributed by atoms with van der Waals surface area (Å²) < 4.78 is 0. The number of nitrogens with zero attached hydrogens (tertiary/aromatic N) is 4. The Balaban J connectivity index is 1.90. The molecule has 0 amide bonds. The Bertz CT molecular complexity index is 426. The maximum atomic E-state index is 4.64. The molecule has 1 aliphatic rings. The zero-order valence-corrected chi connectivity index (χ0v) is 13.8. The predicted molar refractivity (Wildman–Crippen MR) is 89.1 cm³/mol. The van der Waals surface area contributed by atoms with Gasteiger partial charge in [-0.05, 0) is 44.7 Å². The topological polar surface area (TPSA) is 44.3 Å². The van der Waals surface area contributed by atoms with Gasteiger partial charge in [0.1, 0.15) is 5.82 Å². The van der Waals surface area contributed by atoms with Crippen molar-refractivity contribution in [3.05, 3.63) is 12.3 Å². The first kappa shape index (κ1) is 16.0. The van der Waals surface area contributed by atoms with Crippen LogP contribution in [0.5, 0.6) is 0 Å². The van der Waals surface area contributed by atoms with Gasteiger partial charge in [0.15, 0.2) is 0 Å². The molecule has 0 spiro atoms. The third-order valence-electron chi connectivity index (χ3n) is 4.32. The normalized spacial score (nSPS) is 17.8. The fourth-order valence-corrected chi connectivity index (χ4v) is 2.90. The van der Waals surface area contributed by atoms with Gasteiger partial charge in [0.25, 0.3) is 0 Å². The molecular weight excluding hydrogens is 262 g/mol. The molecule has 1 unspecified atom stereocenters. The predicted octanol–water partition coefficient (Wildman–Crippen LogP) is 2.15. The summed E-state index contributed by atoms with van der Waals surface area (Å²) in [5.41, 5.74) is 0. The standard InChI is InChI=1S/C16H29N5/c1-5-9-17-13(2)14-7-11-21(12-8-14)15-6-10-18-16(19-15)20(3)4/h6,10,13-14,17H,5,7-9,11-12H2,1-4H3. The van der Waals surface area contributed by atoms with E-state index in [1.165, 1.54) is 19.3 Å². The van der Waals surface area contributed by atoms with E-state index in [2.05, 4.69) is 34.0 Å². The van der Waals surface area contributed by atoms with Crippen LogP contribution in [-0.2, 0) is 0 Å². The highest BCUT2D eigenvalue weighted by Gasteiger charge is 2.24. The van der Waals surface area contributed by atoms with Crippen LogP contribution in [0.25, 0.3) is 0 Å². The second-order valence-electron chi connectivity index (χ2n) is 6.18. The molecule has 21 heavy (non-hydrogen) atoms. The minimum Gasteiger partial charge on any atom is -0.356 e. The van der Waals surface area contributed by atoms with Crippen molar-refractivity contribution in [3.8, 4) is 0 Å². The van der Waals surface area contributed by atoms with Crippen molar-refractivity contribution < 1.29 is 0 Å². The fourth-order valence-electron chi connectivity index (χ4n) is 2.90. The Morgan fingerprint density at radius 2 is 2.10 bits per heavy atom. The Morgan fingerprint density at radius 3 is 2.71 bits per heavy atom. The summed E-state index contributed by atoms with van der Waals surface area (Å²) >= 11 is 0. The van der Waals surface area contributed by atoms with E-state index in [9.17, 15) is 0 Å². The quantitative estimate of drug-likeness (QED) is 0.870. The van der Waals surface area contributed by atoms with Crippen molar-refractivity contribution in [1.82, 2.24) is 15.3 Å². The van der Waals surface area contributed by atoms with Crippen LogP contribution < -0.4 is 15.1 Å². The third-order valence-corrected chi connectivity index (χ3v) is 4.32. The SMILES string of the molecule is CCCNC(C)C1CCN(c2ccnc(N(C)C)n2)CC1. The van der Waals surface area contributed by atoms with Gasteiger partial charge in [-0.2, -0.15) is 4.98 Å². The van der Waals surface area contributed by atoms with Crippen molar-refractivity contribution >= 4 is 11.8 Å². The molecule has 1 saturated heterocycles. The van der Waals surface area contributed by atoms with E-state index >= 15 is 0 Å². The third kappa shape index (κ3) is 4.30. The number of nitrogens with one attached hydrogen (secondary N) is 1. The first-order valence-electron chi connectivity index (χ1n) is 8.10. The molecule has 1 fully saturated rings. The average molecular weight is 291 g/mol. The Kier molecular flexibility index (Phi) is 5.79. The van der Waals surface area contributed by atoms with Gasteiger partial charge < -0.3 is 15.1 Å². The largest absolute Gasteiger partial charge is 0.356 e. The highest BCUT2D eigenvalue weighted by atomic mass is 15.3. The van der Waals surface area contributed by atoms with Gasteiger partial charge in [-0.15, -0.1) is 0 Å². The number of anilines is 2. The molecule has 2 rings (SSSR count). The number of hydrogen-bond donors (Lipinski definition) is 1. The number of rotatable bonds is 6.